The van der Waals surface area contributed by atoms with Crippen molar-refractivity contribution in [1.82, 2.24) is 20.0 Å². The molecule has 1 atom stereocenters. The average molecular weight is 382 g/mol. The number of pyridine rings is 1. The molecule has 146 valence electrons. The fourth-order valence-corrected chi connectivity index (χ4v) is 2.81. The zero-order valence-electron chi connectivity index (χ0n) is 15.9. The number of amides is 2. The van der Waals surface area contributed by atoms with Crippen molar-refractivity contribution in [3.8, 4) is 0 Å². The van der Waals surface area contributed by atoms with Crippen LogP contribution in [0.3, 0.4) is 0 Å². The van der Waals surface area contributed by atoms with Gasteiger partial charge in [0, 0.05) is 18.8 Å². The van der Waals surface area contributed by atoms with E-state index < -0.39 is 0 Å². The van der Waals surface area contributed by atoms with Gasteiger partial charge in [0.05, 0.1) is 5.52 Å². The summed E-state index contributed by atoms with van der Waals surface area (Å²) in [5, 5.41) is 5.69. The van der Waals surface area contributed by atoms with E-state index in [2.05, 4.69) is 15.6 Å². The van der Waals surface area contributed by atoms with Crippen molar-refractivity contribution in [3.05, 3.63) is 71.6 Å². The monoisotopic (exact) mass is 382 g/mol. The van der Waals surface area contributed by atoms with Crippen LogP contribution in [0.25, 0.3) is 5.52 Å². The number of hydrogen-bond acceptors (Lipinski definition) is 3. The normalized spacial score (nSPS) is 12.0. The quantitative estimate of drug-likeness (QED) is 0.660. The van der Waals surface area contributed by atoms with Crippen LogP contribution < -0.4 is 10.6 Å². The maximum absolute atomic E-state index is 13.0. The topological polar surface area (TPSA) is 75.5 Å². The fraction of sp³-hybridized carbons (Fsp3) is 0.286. The SMILES string of the molecule is CCC(C)NC(=O)c1nc(C(=O)NCCc2ccc(F)cc2)n2ccccc12. The van der Waals surface area contributed by atoms with Crippen molar-refractivity contribution in [2.24, 2.45) is 0 Å². The Kier molecular flexibility index (Phi) is 6.03. The maximum atomic E-state index is 13.0. The van der Waals surface area contributed by atoms with Gasteiger partial charge in [-0.2, -0.15) is 0 Å². The first-order valence-electron chi connectivity index (χ1n) is 9.30. The van der Waals surface area contributed by atoms with Crippen LogP contribution >= 0.6 is 0 Å². The van der Waals surface area contributed by atoms with Crippen molar-refractivity contribution in [2.45, 2.75) is 32.7 Å². The van der Waals surface area contributed by atoms with Gasteiger partial charge in [0.25, 0.3) is 11.8 Å². The molecule has 0 bridgehead atoms. The van der Waals surface area contributed by atoms with Gasteiger partial charge in [-0.3, -0.25) is 14.0 Å². The van der Waals surface area contributed by atoms with Crippen LogP contribution in [-0.4, -0.2) is 33.8 Å². The van der Waals surface area contributed by atoms with E-state index in [9.17, 15) is 14.0 Å². The molecule has 1 unspecified atom stereocenters. The van der Waals surface area contributed by atoms with Crippen molar-refractivity contribution >= 4 is 17.3 Å². The second kappa shape index (κ2) is 8.65. The number of carbonyl (C=O) groups excluding carboxylic acids is 2. The Morgan fingerprint density at radius 1 is 1.14 bits per heavy atom. The molecule has 0 spiro atoms. The Bertz CT molecular complexity index is 982. The number of aromatic nitrogens is 2. The average Bonchev–Trinajstić information content (AvgIpc) is 3.09. The smallest absolute Gasteiger partial charge is 0.287 e. The standard InChI is InChI=1S/C21H23FN4O2/c1-3-14(2)24-20(27)18-17-6-4-5-13-26(17)19(25-18)21(28)23-12-11-15-7-9-16(22)10-8-15/h4-10,13-14H,3,11-12H2,1-2H3,(H,23,28)(H,24,27). The second-order valence-electron chi connectivity index (χ2n) is 6.66. The molecule has 6 nitrogen and oxygen atoms in total. The first-order valence-corrected chi connectivity index (χ1v) is 9.30. The molecule has 3 aromatic rings. The van der Waals surface area contributed by atoms with E-state index in [1.165, 1.54) is 12.1 Å². The third-order valence-corrected chi connectivity index (χ3v) is 4.57. The molecule has 0 saturated carbocycles. The van der Waals surface area contributed by atoms with E-state index >= 15 is 0 Å². The number of carbonyl (C=O) groups is 2. The first kappa shape index (κ1) is 19.5. The van der Waals surface area contributed by atoms with Crippen LogP contribution in [-0.2, 0) is 6.42 Å². The summed E-state index contributed by atoms with van der Waals surface area (Å²) in [7, 11) is 0. The minimum atomic E-state index is -0.370. The van der Waals surface area contributed by atoms with Crippen LogP contribution in [0.5, 0.6) is 0 Å². The van der Waals surface area contributed by atoms with Crippen molar-refractivity contribution < 1.29 is 14.0 Å². The molecule has 0 aliphatic heterocycles. The van der Waals surface area contributed by atoms with Gasteiger partial charge in [0.1, 0.15) is 5.82 Å². The minimum Gasteiger partial charge on any atom is -0.349 e. The van der Waals surface area contributed by atoms with Gasteiger partial charge in [0.2, 0.25) is 5.82 Å². The number of imidazole rings is 1. The number of fused-ring (bicyclic) bond motifs is 1. The third-order valence-electron chi connectivity index (χ3n) is 4.57. The van der Waals surface area contributed by atoms with Gasteiger partial charge >= 0.3 is 0 Å². The van der Waals surface area contributed by atoms with E-state index in [1.807, 2.05) is 13.8 Å². The molecule has 0 radical (unpaired) electrons. The second-order valence-corrected chi connectivity index (χ2v) is 6.66. The van der Waals surface area contributed by atoms with Gasteiger partial charge in [-0.15, -0.1) is 0 Å². The predicted molar refractivity (Wildman–Crippen MR) is 105 cm³/mol. The number of benzene rings is 1. The zero-order valence-corrected chi connectivity index (χ0v) is 15.9. The predicted octanol–water partition coefficient (Wildman–Crippen LogP) is 2.97. The molecule has 3 rings (SSSR count). The molecule has 0 fully saturated rings. The molecule has 2 heterocycles. The van der Waals surface area contributed by atoms with Crippen LogP contribution in [0.4, 0.5) is 4.39 Å². The lowest BCUT2D eigenvalue weighted by molar-refractivity contribution is 0.0936. The molecular weight excluding hydrogens is 359 g/mol. The van der Waals surface area contributed by atoms with Gasteiger partial charge < -0.3 is 10.6 Å². The fourth-order valence-electron chi connectivity index (χ4n) is 2.81. The summed E-state index contributed by atoms with van der Waals surface area (Å²) >= 11 is 0. The lowest BCUT2D eigenvalue weighted by atomic mass is 10.1. The van der Waals surface area contributed by atoms with E-state index in [0.29, 0.717) is 18.5 Å². The highest BCUT2D eigenvalue weighted by atomic mass is 19.1. The van der Waals surface area contributed by atoms with E-state index in [1.54, 1.807) is 40.9 Å². The Morgan fingerprint density at radius 2 is 1.89 bits per heavy atom. The highest BCUT2D eigenvalue weighted by Gasteiger charge is 2.21. The molecule has 7 heteroatoms. The van der Waals surface area contributed by atoms with E-state index in [0.717, 1.165) is 12.0 Å². The summed E-state index contributed by atoms with van der Waals surface area (Å²) < 4.78 is 14.6. The molecule has 0 aliphatic carbocycles. The summed E-state index contributed by atoms with van der Waals surface area (Å²) in [5.74, 6) is -0.807. The van der Waals surface area contributed by atoms with Gasteiger partial charge in [-0.1, -0.05) is 25.1 Å². The summed E-state index contributed by atoms with van der Waals surface area (Å²) in [6.07, 6.45) is 3.07. The number of hydrogen-bond donors (Lipinski definition) is 2. The molecule has 2 amide bonds. The largest absolute Gasteiger partial charge is 0.349 e. The highest BCUT2D eigenvalue weighted by Crippen LogP contribution is 2.14. The zero-order chi connectivity index (χ0) is 20.1. The third kappa shape index (κ3) is 4.36. The van der Waals surface area contributed by atoms with Crippen LogP contribution in [0, 0.1) is 5.82 Å². The molecular formula is C21H23FN4O2. The molecule has 0 saturated heterocycles. The maximum Gasteiger partial charge on any atom is 0.287 e. The van der Waals surface area contributed by atoms with Crippen LogP contribution in [0.1, 0.15) is 46.9 Å². The Morgan fingerprint density at radius 3 is 2.61 bits per heavy atom. The molecule has 2 aromatic heterocycles. The lowest BCUT2D eigenvalue weighted by Crippen LogP contribution is -2.32. The van der Waals surface area contributed by atoms with Gasteiger partial charge in [-0.25, -0.2) is 9.37 Å². The van der Waals surface area contributed by atoms with Crippen molar-refractivity contribution in [3.63, 3.8) is 0 Å². The summed E-state index contributed by atoms with van der Waals surface area (Å²) in [6.45, 7) is 4.27. The van der Waals surface area contributed by atoms with Crippen LogP contribution in [0.2, 0.25) is 0 Å². The number of nitrogens with zero attached hydrogens (tertiary/aromatic N) is 2. The van der Waals surface area contributed by atoms with Crippen molar-refractivity contribution in [2.75, 3.05) is 6.54 Å². The lowest BCUT2D eigenvalue weighted by Gasteiger charge is -2.09. The van der Waals surface area contributed by atoms with E-state index in [4.69, 9.17) is 0 Å². The van der Waals surface area contributed by atoms with Crippen molar-refractivity contribution in [1.29, 1.82) is 0 Å². The summed E-state index contributed by atoms with van der Waals surface area (Å²) in [4.78, 5) is 29.5. The molecule has 1 aromatic carbocycles. The molecule has 28 heavy (non-hydrogen) atoms. The minimum absolute atomic E-state index is 0.0148. The van der Waals surface area contributed by atoms with Crippen LogP contribution in [0.15, 0.2) is 48.7 Å². The Labute approximate surface area is 162 Å². The molecule has 2 N–H and O–H groups in total. The Balaban J connectivity index is 1.75. The number of rotatable bonds is 7. The Hall–Kier alpha value is -3.22. The molecule has 0 aliphatic rings. The van der Waals surface area contributed by atoms with E-state index in [-0.39, 0.29) is 35.2 Å². The summed E-state index contributed by atoms with van der Waals surface area (Å²) in [6, 6.07) is 11.5. The number of nitrogens with one attached hydrogen (secondary N) is 2. The summed E-state index contributed by atoms with van der Waals surface area (Å²) in [5.41, 5.74) is 1.72. The first-order chi connectivity index (χ1) is 13.5. The van der Waals surface area contributed by atoms with Gasteiger partial charge in [-0.05, 0) is 49.6 Å². The van der Waals surface area contributed by atoms with Gasteiger partial charge in [0.15, 0.2) is 5.69 Å². The number of halogens is 1. The highest BCUT2D eigenvalue weighted by molar-refractivity contribution is 6.02.